The van der Waals surface area contributed by atoms with Crippen molar-refractivity contribution in [2.75, 3.05) is 5.32 Å². The lowest BCUT2D eigenvalue weighted by atomic mass is 9.78. The number of benzene rings is 2. The van der Waals surface area contributed by atoms with Gasteiger partial charge in [0.05, 0.1) is 23.1 Å². The van der Waals surface area contributed by atoms with Crippen LogP contribution in [0, 0.1) is 5.82 Å². The number of rotatable bonds is 7. The van der Waals surface area contributed by atoms with Gasteiger partial charge < -0.3 is 9.73 Å². The normalized spacial score (nSPS) is 15.6. The number of carbonyl (C=O) groups excluding carboxylic acids is 1. The lowest BCUT2D eigenvalue weighted by Crippen LogP contribution is -2.38. The Bertz CT molecular complexity index is 1170. The van der Waals surface area contributed by atoms with E-state index in [1.807, 2.05) is 0 Å². The van der Waals surface area contributed by atoms with Crippen LogP contribution in [-0.4, -0.2) is 14.3 Å². The van der Waals surface area contributed by atoms with Crippen molar-refractivity contribution in [2.45, 2.75) is 42.5 Å². The highest BCUT2D eigenvalue weighted by molar-refractivity contribution is 7.89. The number of furan rings is 1. The Kier molecular flexibility index (Phi) is 5.93. The fourth-order valence-electron chi connectivity index (χ4n) is 4.07. The van der Waals surface area contributed by atoms with E-state index in [-0.39, 0.29) is 23.2 Å². The molecule has 1 aliphatic carbocycles. The monoisotopic (exact) mass is 442 g/mol. The minimum atomic E-state index is -3.80. The van der Waals surface area contributed by atoms with Gasteiger partial charge in [-0.25, -0.2) is 17.5 Å². The Hall–Kier alpha value is -2.97. The second-order valence-corrected chi connectivity index (χ2v) is 9.45. The number of carbonyl (C=O) groups is 1. The van der Waals surface area contributed by atoms with Gasteiger partial charge in [-0.3, -0.25) is 4.79 Å². The summed E-state index contributed by atoms with van der Waals surface area (Å²) in [5.74, 6) is -0.146. The van der Waals surface area contributed by atoms with Crippen LogP contribution in [0.5, 0.6) is 0 Å². The molecule has 1 saturated carbocycles. The number of amides is 1. The first-order chi connectivity index (χ1) is 14.9. The van der Waals surface area contributed by atoms with Crippen molar-refractivity contribution in [3.05, 3.63) is 84.1 Å². The van der Waals surface area contributed by atoms with Crippen molar-refractivity contribution in [1.82, 2.24) is 4.72 Å². The average Bonchev–Trinajstić information content (AvgIpc) is 3.45. The van der Waals surface area contributed by atoms with E-state index >= 15 is 0 Å². The van der Waals surface area contributed by atoms with Crippen LogP contribution in [0.1, 0.15) is 37.0 Å². The summed E-state index contributed by atoms with van der Waals surface area (Å²) in [6, 6.07) is 15.6. The first kappa shape index (κ1) is 21.3. The molecule has 1 heterocycles. The molecule has 0 unspecified atom stereocenters. The van der Waals surface area contributed by atoms with Crippen molar-refractivity contribution in [1.29, 1.82) is 0 Å². The quantitative estimate of drug-likeness (QED) is 0.570. The minimum absolute atomic E-state index is 0.0224. The van der Waals surface area contributed by atoms with Crippen LogP contribution in [0.3, 0.4) is 0 Å². The van der Waals surface area contributed by atoms with Gasteiger partial charge in [-0.05, 0) is 60.9 Å². The van der Waals surface area contributed by atoms with Gasteiger partial charge in [0.25, 0.3) is 0 Å². The van der Waals surface area contributed by atoms with Crippen LogP contribution in [-0.2, 0) is 26.8 Å². The standard InChI is InChI=1S/C23H23FN2O4S/c24-18-7-3-6-17(14-18)23(11-1-2-12-23)22(27)26-19-8-4-10-21(15-19)31(28,29)25-16-20-9-5-13-30-20/h3-10,13-15,25H,1-2,11-12,16H2,(H,26,27). The van der Waals surface area contributed by atoms with Crippen LogP contribution in [0.2, 0.25) is 0 Å². The summed E-state index contributed by atoms with van der Waals surface area (Å²) in [7, 11) is -3.80. The van der Waals surface area contributed by atoms with Gasteiger partial charge in [-0.1, -0.05) is 31.0 Å². The van der Waals surface area contributed by atoms with Gasteiger partial charge in [-0.2, -0.15) is 0 Å². The van der Waals surface area contributed by atoms with Crippen LogP contribution in [0.15, 0.2) is 76.2 Å². The first-order valence-electron chi connectivity index (χ1n) is 10.1. The fraction of sp³-hybridized carbons (Fsp3) is 0.261. The number of sulfonamides is 1. The van der Waals surface area contributed by atoms with Gasteiger partial charge >= 0.3 is 0 Å². The van der Waals surface area contributed by atoms with E-state index in [4.69, 9.17) is 4.42 Å². The molecule has 4 rings (SSSR count). The summed E-state index contributed by atoms with van der Waals surface area (Å²) < 4.78 is 46.7. The van der Waals surface area contributed by atoms with Crippen molar-refractivity contribution >= 4 is 21.6 Å². The number of nitrogens with one attached hydrogen (secondary N) is 2. The SMILES string of the molecule is O=C(Nc1cccc(S(=O)(=O)NCc2ccco2)c1)C1(c2cccc(F)c2)CCCC1. The van der Waals surface area contributed by atoms with E-state index in [0.717, 1.165) is 12.8 Å². The molecule has 1 amide bonds. The van der Waals surface area contributed by atoms with Gasteiger partial charge in [0.15, 0.2) is 0 Å². The lowest BCUT2D eigenvalue weighted by Gasteiger charge is -2.28. The first-order valence-corrected chi connectivity index (χ1v) is 11.6. The van der Waals surface area contributed by atoms with Gasteiger partial charge in [-0.15, -0.1) is 0 Å². The third kappa shape index (κ3) is 4.55. The van der Waals surface area contributed by atoms with Gasteiger partial charge in [0, 0.05) is 5.69 Å². The fourth-order valence-corrected chi connectivity index (χ4v) is 5.10. The van der Waals surface area contributed by atoms with Crippen molar-refractivity contribution < 1.29 is 22.0 Å². The Morgan fingerprint density at radius 3 is 2.52 bits per heavy atom. The molecular formula is C23H23FN2O4S. The number of halogens is 1. The maximum atomic E-state index is 13.8. The Morgan fingerprint density at radius 1 is 1.03 bits per heavy atom. The lowest BCUT2D eigenvalue weighted by molar-refractivity contribution is -0.121. The molecule has 2 N–H and O–H groups in total. The molecule has 0 saturated heterocycles. The molecule has 0 aliphatic heterocycles. The smallest absolute Gasteiger partial charge is 0.241 e. The molecule has 0 spiro atoms. The van der Waals surface area contributed by atoms with E-state index in [9.17, 15) is 17.6 Å². The highest BCUT2D eigenvalue weighted by Gasteiger charge is 2.43. The highest BCUT2D eigenvalue weighted by Crippen LogP contribution is 2.42. The predicted octanol–water partition coefficient (Wildman–Crippen LogP) is 4.35. The predicted molar refractivity (Wildman–Crippen MR) is 114 cm³/mol. The second-order valence-electron chi connectivity index (χ2n) is 7.69. The third-order valence-corrected chi connectivity index (χ3v) is 7.09. The zero-order valence-corrected chi connectivity index (χ0v) is 17.6. The van der Waals surface area contributed by atoms with Crippen LogP contribution in [0.4, 0.5) is 10.1 Å². The van der Waals surface area contributed by atoms with E-state index in [2.05, 4.69) is 10.0 Å². The third-order valence-electron chi connectivity index (χ3n) is 5.69. The van der Waals surface area contributed by atoms with Crippen LogP contribution in [0.25, 0.3) is 0 Å². The topological polar surface area (TPSA) is 88.4 Å². The average molecular weight is 443 g/mol. The molecule has 8 heteroatoms. The minimum Gasteiger partial charge on any atom is -0.468 e. The molecule has 0 bridgehead atoms. The van der Waals surface area contributed by atoms with Crippen LogP contribution < -0.4 is 10.0 Å². The molecule has 3 aromatic rings. The van der Waals surface area contributed by atoms with E-state index in [0.29, 0.717) is 29.9 Å². The summed E-state index contributed by atoms with van der Waals surface area (Å²) in [6.45, 7) is 0.0224. The molecule has 6 nitrogen and oxygen atoms in total. The zero-order chi connectivity index (χ0) is 21.9. The number of hydrogen-bond donors (Lipinski definition) is 2. The van der Waals surface area contributed by atoms with Crippen molar-refractivity contribution in [3.63, 3.8) is 0 Å². The zero-order valence-electron chi connectivity index (χ0n) is 16.8. The second kappa shape index (κ2) is 8.64. The van der Waals surface area contributed by atoms with Crippen LogP contribution >= 0.6 is 0 Å². The molecule has 31 heavy (non-hydrogen) atoms. The van der Waals surface area contributed by atoms with E-state index in [1.165, 1.54) is 30.5 Å². The summed E-state index contributed by atoms with van der Waals surface area (Å²) in [5.41, 5.74) is 0.189. The van der Waals surface area contributed by atoms with E-state index < -0.39 is 15.4 Å². The summed E-state index contributed by atoms with van der Waals surface area (Å²) >= 11 is 0. The van der Waals surface area contributed by atoms with Gasteiger partial charge in [0.2, 0.25) is 15.9 Å². The molecule has 0 atom stereocenters. The Labute approximate surface area is 180 Å². The number of hydrogen-bond acceptors (Lipinski definition) is 4. The largest absolute Gasteiger partial charge is 0.468 e. The van der Waals surface area contributed by atoms with Crippen molar-refractivity contribution in [3.8, 4) is 0 Å². The Morgan fingerprint density at radius 2 is 1.81 bits per heavy atom. The molecular weight excluding hydrogens is 419 g/mol. The molecule has 1 fully saturated rings. The number of anilines is 1. The maximum absolute atomic E-state index is 13.8. The van der Waals surface area contributed by atoms with Gasteiger partial charge in [0.1, 0.15) is 11.6 Å². The molecule has 2 aromatic carbocycles. The summed E-state index contributed by atoms with van der Waals surface area (Å²) in [4.78, 5) is 13.3. The van der Waals surface area contributed by atoms with E-state index in [1.54, 1.807) is 36.4 Å². The Balaban J connectivity index is 1.54. The van der Waals surface area contributed by atoms with Crippen molar-refractivity contribution in [2.24, 2.45) is 0 Å². The summed E-state index contributed by atoms with van der Waals surface area (Å²) in [6.07, 6.45) is 4.44. The maximum Gasteiger partial charge on any atom is 0.241 e. The highest BCUT2D eigenvalue weighted by atomic mass is 32.2. The molecule has 1 aliphatic rings. The molecule has 162 valence electrons. The summed E-state index contributed by atoms with van der Waals surface area (Å²) in [5, 5.41) is 2.85. The molecule has 0 radical (unpaired) electrons. The molecule has 1 aromatic heterocycles.